The lowest BCUT2D eigenvalue weighted by Gasteiger charge is -2.07. The van der Waals surface area contributed by atoms with E-state index in [1.54, 1.807) is 11.8 Å². The molecule has 0 atom stereocenters. The molecule has 0 spiro atoms. The van der Waals surface area contributed by atoms with E-state index in [4.69, 9.17) is 4.74 Å². The maximum absolute atomic E-state index is 12.8. The molecule has 30 heavy (non-hydrogen) atoms. The van der Waals surface area contributed by atoms with Crippen LogP contribution in [0.2, 0.25) is 0 Å². The number of methoxy groups -OCH3 is 1. The molecule has 1 heterocycles. The number of nitrogens with one attached hydrogen (secondary N) is 1. The van der Waals surface area contributed by atoms with Crippen molar-refractivity contribution in [3.8, 4) is 22.8 Å². The van der Waals surface area contributed by atoms with Crippen LogP contribution < -0.4 is 10.1 Å². The Morgan fingerprint density at radius 3 is 2.07 bits per heavy atom. The van der Waals surface area contributed by atoms with Crippen LogP contribution in [0.4, 0.5) is 5.69 Å². The van der Waals surface area contributed by atoms with Gasteiger partial charge in [0.05, 0.1) is 12.8 Å². The minimum absolute atomic E-state index is 0.0990. The van der Waals surface area contributed by atoms with Gasteiger partial charge in [-0.15, -0.1) is 5.10 Å². The van der Waals surface area contributed by atoms with Crippen molar-refractivity contribution < 1.29 is 9.53 Å². The van der Waals surface area contributed by atoms with E-state index in [1.165, 1.54) is 0 Å². The van der Waals surface area contributed by atoms with E-state index < -0.39 is 0 Å². The van der Waals surface area contributed by atoms with E-state index in [9.17, 15) is 4.79 Å². The monoisotopic (exact) mass is 398 g/mol. The van der Waals surface area contributed by atoms with Crippen molar-refractivity contribution in [2.45, 2.75) is 13.8 Å². The standard InChI is InChI=1S/C24H22N4O2/c1-16-4-8-18(9-5-16)23-26-22(24(29)25-19-10-6-17(2)7-11-19)27-28(23)20-12-14-21(30-3)15-13-20/h4-15H,1-3H3,(H,25,29). The fraction of sp³-hybridized carbons (Fsp3) is 0.125. The summed E-state index contributed by atoms with van der Waals surface area (Å²) in [7, 11) is 1.62. The largest absolute Gasteiger partial charge is 0.497 e. The van der Waals surface area contributed by atoms with Gasteiger partial charge in [-0.05, 0) is 50.2 Å². The zero-order valence-corrected chi connectivity index (χ0v) is 17.1. The fourth-order valence-corrected chi connectivity index (χ4v) is 3.03. The first kappa shape index (κ1) is 19.4. The molecule has 0 fully saturated rings. The van der Waals surface area contributed by atoms with E-state index in [1.807, 2.05) is 86.6 Å². The number of ether oxygens (including phenoxy) is 1. The van der Waals surface area contributed by atoms with E-state index in [-0.39, 0.29) is 11.7 Å². The van der Waals surface area contributed by atoms with Crippen molar-refractivity contribution in [3.63, 3.8) is 0 Å². The molecule has 0 saturated heterocycles. The van der Waals surface area contributed by atoms with Crippen molar-refractivity contribution in [2.75, 3.05) is 12.4 Å². The number of aryl methyl sites for hydroxylation is 2. The first-order chi connectivity index (χ1) is 14.5. The summed E-state index contributed by atoms with van der Waals surface area (Å²) in [6.45, 7) is 4.02. The van der Waals surface area contributed by atoms with Gasteiger partial charge in [0, 0.05) is 11.3 Å². The predicted molar refractivity (Wildman–Crippen MR) is 117 cm³/mol. The molecule has 0 saturated carbocycles. The SMILES string of the molecule is COc1ccc(-n2nc(C(=O)Nc3ccc(C)cc3)nc2-c2ccc(C)cc2)cc1. The van der Waals surface area contributed by atoms with Crippen LogP contribution in [0.15, 0.2) is 72.8 Å². The van der Waals surface area contributed by atoms with Crippen molar-refractivity contribution >= 4 is 11.6 Å². The molecular formula is C24H22N4O2. The van der Waals surface area contributed by atoms with Crippen LogP contribution in [-0.4, -0.2) is 27.8 Å². The van der Waals surface area contributed by atoms with Gasteiger partial charge in [0.1, 0.15) is 5.75 Å². The van der Waals surface area contributed by atoms with Gasteiger partial charge in [0.2, 0.25) is 5.82 Å². The van der Waals surface area contributed by atoms with Gasteiger partial charge in [0.15, 0.2) is 5.82 Å². The van der Waals surface area contributed by atoms with Crippen LogP contribution >= 0.6 is 0 Å². The van der Waals surface area contributed by atoms with E-state index in [0.717, 1.165) is 28.1 Å². The molecule has 0 bridgehead atoms. The minimum atomic E-state index is -0.362. The van der Waals surface area contributed by atoms with Gasteiger partial charge >= 0.3 is 0 Å². The van der Waals surface area contributed by atoms with Crippen molar-refractivity contribution in [1.29, 1.82) is 0 Å². The van der Waals surface area contributed by atoms with Gasteiger partial charge in [0.25, 0.3) is 5.91 Å². The second-order valence-electron chi connectivity index (χ2n) is 7.06. The molecule has 0 unspecified atom stereocenters. The summed E-state index contributed by atoms with van der Waals surface area (Å²) in [4.78, 5) is 17.4. The summed E-state index contributed by atoms with van der Waals surface area (Å²) >= 11 is 0. The third-order valence-electron chi connectivity index (χ3n) is 4.75. The molecule has 1 amide bonds. The first-order valence-electron chi connectivity index (χ1n) is 9.60. The van der Waals surface area contributed by atoms with Gasteiger partial charge in [-0.2, -0.15) is 0 Å². The van der Waals surface area contributed by atoms with Gasteiger partial charge in [-0.3, -0.25) is 4.79 Å². The highest BCUT2D eigenvalue weighted by Gasteiger charge is 2.19. The number of anilines is 1. The van der Waals surface area contributed by atoms with E-state index >= 15 is 0 Å². The molecule has 1 aromatic heterocycles. The van der Waals surface area contributed by atoms with Crippen molar-refractivity contribution in [2.24, 2.45) is 0 Å². The molecule has 1 N–H and O–H groups in total. The number of amides is 1. The molecule has 3 aromatic carbocycles. The van der Waals surface area contributed by atoms with Crippen LogP contribution in [0.25, 0.3) is 17.1 Å². The molecular weight excluding hydrogens is 376 g/mol. The summed E-state index contributed by atoms with van der Waals surface area (Å²) in [6.07, 6.45) is 0. The lowest BCUT2D eigenvalue weighted by Crippen LogP contribution is -2.14. The van der Waals surface area contributed by atoms with Crippen LogP contribution in [0, 0.1) is 13.8 Å². The molecule has 4 rings (SSSR count). The van der Waals surface area contributed by atoms with Crippen LogP contribution in [-0.2, 0) is 0 Å². The molecule has 0 aliphatic rings. The second-order valence-corrected chi connectivity index (χ2v) is 7.06. The second kappa shape index (κ2) is 8.21. The average Bonchev–Trinajstić information content (AvgIpc) is 3.21. The first-order valence-corrected chi connectivity index (χ1v) is 9.60. The van der Waals surface area contributed by atoms with Crippen molar-refractivity contribution in [3.05, 3.63) is 89.7 Å². The number of nitrogens with zero attached hydrogens (tertiary/aromatic N) is 3. The molecule has 0 radical (unpaired) electrons. The van der Waals surface area contributed by atoms with Gasteiger partial charge in [-0.1, -0.05) is 47.5 Å². The molecule has 4 aromatic rings. The predicted octanol–water partition coefficient (Wildman–Crippen LogP) is 4.81. The highest BCUT2D eigenvalue weighted by Crippen LogP contribution is 2.23. The summed E-state index contributed by atoms with van der Waals surface area (Å²) in [5.74, 6) is 1.07. The Hall–Kier alpha value is -3.93. The molecule has 6 nitrogen and oxygen atoms in total. The summed E-state index contributed by atoms with van der Waals surface area (Å²) < 4.78 is 6.92. The molecule has 0 aliphatic carbocycles. The highest BCUT2D eigenvalue weighted by atomic mass is 16.5. The Kier molecular flexibility index (Phi) is 5.30. The number of carbonyl (C=O) groups excluding carboxylic acids is 1. The number of benzene rings is 3. The number of carbonyl (C=O) groups is 1. The number of hydrogen-bond donors (Lipinski definition) is 1. The third kappa shape index (κ3) is 4.07. The van der Waals surface area contributed by atoms with E-state index in [0.29, 0.717) is 11.5 Å². The summed E-state index contributed by atoms with van der Waals surface area (Å²) in [6, 6.07) is 23.0. The Morgan fingerprint density at radius 2 is 1.47 bits per heavy atom. The van der Waals surface area contributed by atoms with Crippen molar-refractivity contribution in [1.82, 2.24) is 14.8 Å². The Labute approximate surface area is 175 Å². The summed E-state index contributed by atoms with van der Waals surface area (Å²) in [5, 5.41) is 7.36. The molecule has 0 aliphatic heterocycles. The van der Waals surface area contributed by atoms with Crippen LogP contribution in [0.1, 0.15) is 21.7 Å². The number of hydrogen-bond acceptors (Lipinski definition) is 4. The van der Waals surface area contributed by atoms with Gasteiger partial charge in [-0.25, -0.2) is 9.67 Å². The lowest BCUT2D eigenvalue weighted by molar-refractivity contribution is 0.101. The maximum atomic E-state index is 12.8. The quantitative estimate of drug-likeness (QED) is 0.524. The average molecular weight is 398 g/mol. The Balaban J connectivity index is 1.73. The van der Waals surface area contributed by atoms with Crippen LogP contribution in [0.3, 0.4) is 0 Å². The normalized spacial score (nSPS) is 10.6. The van der Waals surface area contributed by atoms with E-state index in [2.05, 4.69) is 15.4 Å². The Bertz CT molecular complexity index is 1160. The smallest absolute Gasteiger partial charge is 0.295 e. The summed E-state index contributed by atoms with van der Waals surface area (Å²) in [5.41, 5.74) is 4.62. The minimum Gasteiger partial charge on any atom is -0.497 e. The third-order valence-corrected chi connectivity index (χ3v) is 4.75. The van der Waals surface area contributed by atoms with Crippen LogP contribution in [0.5, 0.6) is 5.75 Å². The lowest BCUT2D eigenvalue weighted by atomic mass is 10.1. The Morgan fingerprint density at radius 1 is 0.867 bits per heavy atom. The maximum Gasteiger partial charge on any atom is 0.295 e. The zero-order chi connectivity index (χ0) is 21.1. The number of aromatic nitrogens is 3. The molecule has 150 valence electrons. The number of rotatable bonds is 5. The van der Waals surface area contributed by atoms with Gasteiger partial charge < -0.3 is 10.1 Å². The topological polar surface area (TPSA) is 69.0 Å². The zero-order valence-electron chi connectivity index (χ0n) is 17.1. The highest BCUT2D eigenvalue weighted by molar-refractivity contribution is 6.01. The fourth-order valence-electron chi connectivity index (χ4n) is 3.03. The molecule has 6 heteroatoms.